The summed E-state index contributed by atoms with van der Waals surface area (Å²) in [4.78, 5) is 21.4. The normalized spacial score (nSPS) is 24.8. The van der Waals surface area contributed by atoms with Gasteiger partial charge in [0.15, 0.2) is 0 Å². The number of aliphatic carboxylic acids is 1. The lowest BCUT2D eigenvalue weighted by Gasteiger charge is -2.25. The van der Waals surface area contributed by atoms with Crippen molar-refractivity contribution in [2.75, 3.05) is 26.9 Å². The van der Waals surface area contributed by atoms with E-state index in [1.54, 1.807) is 7.11 Å². The summed E-state index contributed by atoms with van der Waals surface area (Å²) in [6.07, 6.45) is 2.48. The zero-order valence-corrected chi connectivity index (χ0v) is 9.06. The molecule has 2 N–H and O–H groups in total. The van der Waals surface area contributed by atoms with Crippen molar-refractivity contribution in [3.05, 3.63) is 12.2 Å². The fourth-order valence-corrected chi connectivity index (χ4v) is 1.42. The zero-order valence-electron chi connectivity index (χ0n) is 9.06. The monoisotopic (exact) mass is 229 g/mol. The van der Waals surface area contributed by atoms with Crippen LogP contribution in [0, 0.1) is 0 Å². The summed E-state index contributed by atoms with van der Waals surface area (Å²) in [6.45, 7) is 1.35. The van der Waals surface area contributed by atoms with E-state index in [2.05, 4.69) is 5.32 Å². The molecule has 1 unspecified atom stereocenters. The summed E-state index contributed by atoms with van der Waals surface area (Å²) in [5.74, 6) is -1.61. The number of hydrogen-bond acceptors (Lipinski definition) is 4. The molecule has 0 spiro atoms. The number of amides is 1. The predicted octanol–water partition coefficient (Wildman–Crippen LogP) is -0.451. The second kappa shape index (κ2) is 5.62. The van der Waals surface area contributed by atoms with Crippen LogP contribution < -0.4 is 5.32 Å². The zero-order chi connectivity index (χ0) is 12.0. The van der Waals surface area contributed by atoms with E-state index in [-0.39, 0.29) is 0 Å². The van der Waals surface area contributed by atoms with Crippen LogP contribution in [-0.2, 0) is 19.1 Å². The first-order valence-electron chi connectivity index (χ1n) is 4.90. The van der Waals surface area contributed by atoms with Crippen LogP contribution in [0.2, 0.25) is 0 Å². The van der Waals surface area contributed by atoms with Gasteiger partial charge in [-0.1, -0.05) is 0 Å². The number of ether oxygens (including phenoxy) is 2. The summed E-state index contributed by atoms with van der Waals surface area (Å²) in [5.41, 5.74) is -0.479. The number of hydrogen-bond donors (Lipinski definition) is 2. The largest absolute Gasteiger partial charge is 0.478 e. The Kier molecular flexibility index (Phi) is 4.45. The maximum atomic E-state index is 11.2. The molecule has 1 saturated heterocycles. The van der Waals surface area contributed by atoms with Crippen LogP contribution in [0.4, 0.5) is 0 Å². The Labute approximate surface area is 93.2 Å². The Bertz CT molecular complexity index is 294. The lowest BCUT2D eigenvalue weighted by atomic mass is 10.0. The van der Waals surface area contributed by atoms with E-state index >= 15 is 0 Å². The average Bonchev–Trinajstić information content (AvgIpc) is 2.73. The van der Waals surface area contributed by atoms with E-state index in [1.807, 2.05) is 0 Å². The number of nitrogens with one attached hydrogen (secondary N) is 1. The molecule has 0 saturated carbocycles. The summed E-state index contributed by atoms with van der Waals surface area (Å²) >= 11 is 0. The average molecular weight is 229 g/mol. The molecule has 6 heteroatoms. The van der Waals surface area contributed by atoms with Crippen LogP contribution in [0.3, 0.4) is 0 Å². The highest BCUT2D eigenvalue weighted by atomic mass is 16.5. The van der Waals surface area contributed by atoms with Gasteiger partial charge in [-0.05, 0) is 0 Å². The molecule has 6 nitrogen and oxygen atoms in total. The van der Waals surface area contributed by atoms with Gasteiger partial charge in [0.25, 0.3) is 0 Å². The van der Waals surface area contributed by atoms with Crippen LogP contribution in [-0.4, -0.2) is 49.5 Å². The minimum Gasteiger partial charge on any atom is -0.478 e. The van der Waals surface area contributed by atoms with Gasteiger partial charge in [-0.2, -0.15) is 0 Å². The molecule has 0 bridgehead atoms. The molecule has 1 amide bonds. The van der Waals surface area contributed by atoms with Crippen molar-refractivity contribution in [3.63, 3.8) is 0 Å². The second-order valence-electron chi connectivity index (χ2n) is 3.58. The van der Waals surface area contributed by atoms with E-state index in [4.69, 9.17) is 14.6 Å². The van der Waals surface area contributed by atoms with Crippen molar-refractivity contribution in [1.29, 1.82) is 0 Å². The SMILES string of the molecule is COC1(CNC(=O)/C=C/C(=O)O)CCOC1. The second-order valence-corrected chi connectivity index (χ2v) is 3.58. The van der Waals surface area contributed by atoms with Crippen LogP contribution in [0.1, 0.15) is 6.42 Å². The van der Waals surface area contributed by atoms with Crippen molar-refractivity contribution in [1.82, 2.24) is 5.32 Å². The van der Waals surface area contributed by atoms with Crippen LogP contribution >= 0.6 is 0 Å². The molecule has 1 atom stereocenters. The number of carbonyl (C=O) groups is 2. The van der Waals surface area contributed by atoms with E-state index < -0.39 is 17.5 Å². The lowest BCUT2D eigenvalue weighted by molar-refractivity contribution is -0.131. The van der Waals surface area contributed by atoms with Crippen LogP contribution in [0.25, 0.3) is 0 Å². The number of rotatable bonds is 5. The fraction of sp³-hybridized carbons (Fsp3) is 0.600. The first kappa shape index (κ1) is 12.7. The van der Waals surface area contributed by atoms with Gasteiger partial charge in [0, 0.05) is 38.8 Å². The van der Waals surface area contributed by atoms with Crippen molar-refractivity contribution in [3.8, 4) is 0 Å². The third-order valence-electron chi connectivity index (χ3n) is 2.46. The molecule has 0 aliphatic carbocycles. The quantitative estimate of drug-likeness (QED) is 0.624. The topological polar surface area (TPSA) is 84.9 Å². The van der Waals surface area contributed by atoms with Gasteiger partial charge in [-0.3, -0.25) is 4.79 Å². The molecule has 0 aromatic heterocycles. The molecule has 1 aliphatic heterocycles. The molecule has 0 aromatic rings. The van der Waals surface area contributed by atoms with Crippen molar-refractivity contribution < 1.29 is 24.2 Å². The summed E-state index contributed by atoms with van der Waals surface area (Å²) in [7, 11) is 1.56. The molecule has 0 radical (unpaired) electrons. The fourth-order valence-electron chi connectivity index (χ4n) is 1.42. The van der Waals surface area contributed by atoms with E-state index in [1.165, 1.54) is 0 Å². The smallest absolute Gasteiger partial charge is 0.328 e. The predicted molar refractivity (Wildman–Crippen MR) is 55.0 cm³/mol. The Morgan fingerprint density at radius 3 is 2.81 bits per heavy atom. The molecule has 1 aliphatic rings. The highest BCUT2D eigenvalue weighted by molar-refractivity contribution is 5.93. The maximum Gasteiger partial charge on any atom is 0.328 e. The van der Waals surface area contributed by atoms with Crippen molar-refractivity contribution >= 4 is 11.9 Å². The molecule has 1 fully saturated rings. The Morgan fingerprint density at radius 2 is 2.31 bits per heavy atom. The summed E-state index contributed by atoms with van der Waals surface area (Å²) in [6, 6.07) is 0. The van der Waals surface area contributed by atoms with Gasteiger partial charge in [-0.15, -0.1) is 0 Å². The van der Waals surface area contributed by atoms with Gasteiger partial charge in [0.2, 0.25) is 5.91 Å². The highest BCUT2D eigenvalue weighted by Gasteiger charge is 2.34. The lowest BCUT2D eigenvalue weighted by Crippen LogP contribution is -2.44. The summed E-state index contributed by atoms with van der Waals surface area (Å²) < 4.78 is 10.5. The Balaban J connectivity index is 2.38. The van der Waals surface area contributed by atoms with Gasteiger partial charge < -0.3 is 19.9 Å². The number of carboxylic acids is 1. The van der Waals surface area contributed by atoms with E-state index in [0.29, 0.717) is 26.2 Å². The Morgan fingerprint density at radius 1 is 1.56 bits per heavy atom. The standard InChI is InChI=1S/C10H15NO5/c1-15-10(4-5-16-7-10)6-11-8(12)2-3-9(13)14/h2-3H,4-7H2,1H3,(H,11,12)(H,13,14)/b3-2+. The van der Waals surface area contributed by atoms with Gasteiger partial charge in [0.1, 0.15) is 5.60 Å². The van der Waals surface area contributed by atoms with E-state index in [9.17, 15) is 9.59 Å². The van der Waals surface area contributed by atoms with Gasteiger partial charge in [-0.25, -0.2) is 4.79 Å². The van der Waals surface area contributed by atoms with Crippen LogP contribution in [0.15, 0.2) is 12.2 Å². The first-order chi connectivity index (χ1) is 7.58. The first-order valence-corrected chi connectivity index (χ1v) is 4.90. The highest BCUT2D eigenvalue weighted by Crippen LogP contribution is 2.21. The third-order valence-corrected chi connectivity index (χ3v) is 2.46. The van der Waals surface area contributed by atoms with Gasteiger partial charge in [0.05, 0.1) is 6.61 Å². The molecule has 1 heterocycles. The minimum absolute atomic E-state index is 0.312. The maximum absolute atomic E-state index is 11.2. The number of carbonyl (C=O) groups excluding carboxylic acids is 1. The summed E-state index contributed by atoms with van der Waals surface area (Å²) in [5, 5.41) is 10.9. The van der Waals surface area contributed by atoms with E-state index in [0.717, 1.165) is 12.2 Å². The third kappa shape index (κ3) is 3.63. The molecule has 90 valence electrons. The molecular formula is C10H15NO5. The Hall–Kier alpha value is -1.40. The molecular weight excluding hydrogens is 214 g/mol. The minimum atomic E-state index is -1.15. The number of methoxy groups -OCH3 is 1. The van der Waals surface area contributed by atoms with Crippen molar-refractivity contribution in [2.45, 2.75) is 12.0 Å². The van der Waals surface area contributed by atoms with Gasteiger partial charge >= 0.3 is 5.97 Å². The van der Waals surface area contributed by atoms with Crippen molar-refractivity contribution in [2.24, 2.45) is 0 Å². The molecule has 16 heavy (non-hydrogen) atoms. The number of carboxylic acid groups (broad SMARTS) is 1. The molecule has 0 aromatic carbocycles. The molecule has 1 rings (SSSR count). The van der Waals surface area contributed by atoms with Crippen LogP contribution in [0.5, 0.6) is 0 Å².